The van der Waals surface area contributed by atoms with Crippen LogP contribution in [0, 0.1) is 0 Å². The molecule has 0 unspecified atom stereocenters. The second kappa shape index (κ2) is 10.9. The van der Waals surface area contributed by atoms with Crippen molar-refractivity contribution in [3.8, 4) is 16.2 Å². The van der Waals surface area contributed by atoms with Gasteiger partial charge in [0, 0.05) is 61.6 Å². The lowest BCUT2D eigenvalue weighted by Gasteiger charge is -2.35. The molecule has 9 nitrogen and oxygen atoms in total. The molecule has 36 heavy (non-hydrogen) atoms. The molecule has 5 rings (SSSR count). The first-order valence-corrected chi connectivity index (χ1v) is 14.7. The average Bonchev–Trinajstić information content (AvgIpc) is 3.54. The summed E-state index contributed by atoms with van der Waals surface area (Å²) in [6.07, 6.45) is 3.97. The minimum Gasteiger partial charge on any atom is -0.483 e. The van der Waals surface area contributed by atoms with E-state index in [4.69, 9.17) is 4.74 Å². The molecular weight excluding hydrogens is 498 g/mol. The third-order valence-corrected chi connectivity index (χ3v) is 9.11. The minimum atomic E-state index is -3.05. The number of amides is 1. The predicted octanol–water partition coefficient (Wildman–Crippen LogP) is 2.21. The highest BCUT2D eigenvalue weighted by atomic mass is 32.2. The van der Waals surface area contributed by atoms with Gasteiger partial charge in [-0.15, -0.1) is 11.3 Å². The number of piperazine rings is 1. The van der Waals surface area contributed by atoms with Crippen LogP contribution in [0.3, 0.4) is 0 Å². The molecule has 4 heterocycles. The van der Waals surface area contributed by atoms with Gasteiger partial charge in [0.25, 0.3) is 5.91 Å². The van der Waals surface area contributed by atoms with Gasteiger partial charge >= 0.3 is 0 Å². The molecule has 1 amide bonds. The Kier molecular flexibility index (Phi) is 7.49. The smallest absolute Gasteiger partial charge is 0.258 e. The second-order valence-corrected chi connectivity index (χ2v) is 12.2. The zero-order valence-corrected chi connectivity index (χ0v) is 21.5. The third-order valence-electron chi connectivity index (χ3n) is 6.42. The number of ether oxygens (including phenoxy) is 1. The predicted molar refractivity (Wildman–Crippen MR) is 140 cm³/mol. The van der Waals surface area contributed by atoms with Crippen molar-refractivity contribution in [2.75, 3.05) is 49.2 Å². The Morgan fingerprint density at radius 2 is 1.92 bits per heavy atom. The van der Waals surface area contributed by atoms with Crippen LogP contribution in [0.5, 0.6) is 5.75 Å². The van der Waals surface area contributed by atoms with Gasteiger partial charge < -0.3 is 15.0 Å². The van der Waals surface area contributed by atoms with Gasteiger partial charge in [-0.3, -0.25) is 9.69 Å². The van der Waals surface area contributed by atoms with Gasteiger partial charge in [0.05, 0.1) is 11.5 Å². The summed E-state index contributed by atoms with van der Waals surface area (Å²) in [5.41, 5.74) is 2.13. The van der Waals surface area contributed by atoms with E-state index in [1.807, 2.05) is 24.3 Å². The normalized spacial score (nSPS) is 19.8. The fourth-order valence-corrected chi connectivity index (χ4v) is 6.96. The quantitative estimate of drug-likeness (QED) is 0.476. The van der Waals surface area contributed by atoms with Gasteiger partial charge in [-0.25, -0.2) is 18.4 Å². The number of carbonyl (C=O) groups excluding carboxylic acids is 1. The molecule has 2 aliphatic rings. The zero-order chi connectivity index (χ0) is 25.0. The molecule has 0 bridgehead atoms. The van der Waals surface area contributed by atoms with Crippen LogP contribution in [0.2, 0.25) is 0 Å². The number of nitrogens with one attached hydrogen (secondary N) is 1. The number of sulfone groups is 1. The SMILES string of the molecule is O=C(COc1ccc(-c2cccs2)cc1CN1CCN(c2ncccn2)CC1)N[C@@H]1CCS(=O)(=O)C1. The van der Waals surface area contributed by atoms with E-state index in [1.54, 1.807) is 23.7 Å². The van der Waals surface area contributed by atoms with Crippen LogP contribution in [-0.2, 0) is 21.2 Å². The summed E-state index contributed by atoms with van der Waals surface area (Å²) in [5, 5.41) is 4.84. The maximum Gasteiger partial charge on any atom is 0.258 e. The van der Waals surface area contributed by atoms with E-state index < -0.39 is 9.84 Å². The van der Waals surface area contributed by atoms with Crippen molar-refractivity contribution < 1.29 is 17.9 Å². The highest BCUT2D eigenvalue weighted by molar-refractivity contribution is 7.91. The monoisotopic (exact) mass is 527 g/mol. The highest BCUT2D eigenvalue weighted by Crippen LogP contribution is 2.31. The Labute approximate surface area is 215 Å². The molecule has 0 radical (unpaired) electrons. The molecule has 2 saturated heterocycles. The van der Waals surface area contributed by atoms with E-state index in [0.717, 1.165) is 43.3 Å². The summed E-state index contributed by atoms with van der Waals surface area (Å²) in [6, 6.07) is 11.7. The Hall–Kier alpha value is -3.02. The molecule has 11 heteroatoms. The minimum absolute atomic E-state index is 0.000496. The van der Waals surface area contributed by atoms with E-state index in [0.29, 0.717) is 18.7 Å². The van der Waals surface area contributed by atoms with Gasteiger partial charge in [-0.05, 0) is 47.7 Å². The summed E-state index contributed by atoms with van der Waals surface area (Å²) < 4.78 is 29.3. The average molecular weight is 528 g/mol. The number of carbonyl (C=O) groups is 1. The first-order valence-electron chi connectivity index (χ1n) is 12.0. The number of anilines is 1. The number of thiophene rings is 1. The Morgan fingerprint density at radius 3 is 2.61 bits per heavy atom. The van der Waals surface area contributed by atoms with Gasteiger partial charge in [-0.2, -0.15) is 0 Å². The molecule has 1 aromatic carbocycles. The van der Waals surface area contributed by atoms with Gasteiger partial charge in [0.15, 0.2) is 16.4 Å². The molecule has 1 atom stereocenters. The van der Waals surface area contributed by atoms with Crippen molar-refractivity contribution in [3.05, 3.63) is 59.7 Å². The highest BCUT2D eigenvalue weighted by Gasteiger charge is 2.29. The molecule has 1 N–H and O–H groups in total. The number of benzene rings is 1. The van der Waals surface area contributed by atoms with E-state index in [9.17, 15) is 13.2 Å². The molecule has 2 fully saturated rings. The summed E-state index contributed by atoms with van der Waals surface area (Å²) in [6.45, 7) is 3.92. The molecule has 0 aliphatic carbocycles. The van der Waals surface area contributed by atoms with E-state index in [1.165, 1.54) is 4.88 Å². The van der Waals surface area contributed by atoms with Crippen LogP contribution in [0.4, 0.5) is 5.95 Å². The van der Waals surface area contributed by atoms with Crippen molar-refractivity contribution in [2.24, 2.45) is 0 Å². The largest absolute Gasteiger partial charge is 0.483 e. The number of aromatic nitrogens is 2. The van der Waals surface area contributed by atoms with E-state index in [2.05, 4.69) is 42.6 Å². The van der Waals surface area contributed by atoms with Crippen molar-refractivity contribution in [1.82, 2.24) is 20.2 Å². The van der Waals surface area contributed by atoms with Crippen LogP contribution < -0.4 is 15.0 Å². The Morgan fingerprint density at radius 1 is 1.11 bits per heavy atom. The molecule has 0 spiro atoms. The lowest BCUT2D eigenvalue weighted by Crippen LogP contribution is -2.46. The summed E-state index contributed by atoms with van der Waals surface area (Å²) in [7, 11) is -3.05. The van der Waals surface area contributed by atoms with Crippen molar-refractivity contribution in [2.45, 2.75) is 19.0 Å². The maximum atomic E-state index is 12.5. The molecule has 2 aromatic heterocycles. The van der Waals surface area contributed by atoms with Crippen LogP contribution in [0.1, 0.15) is 12.0 Å². The van der Waals surface area contributed by atoms with E-state index >= 15 is 0 Å². The summed E-state index contributed by atoms with van der Waals surface area (Å²) in [5.74, 6) is 1.23. The van der Waals surface area contributed by atoms with Crippen LogP contribution >= 0.6 is 11.3 Å². The Balaban J connectivity index is 1.24. The molecule has 2 aliphatic heterocycles. The molecule has 0 saturated carbocycles. The van der Waals surface area contributed by atoms with Gasteiger partial charge in [-0.1, -0.05) is 6.07 Å². The molecule has 190 valence electrons. The fraction of sp³-hybridized carbons (Fsp3) is 0.400. The van der Waals surface area contributed by atoms with Gasteiger partial charge in [0.2, 0.25) is 5.95 Å². The topological polar surface area (TPSA) is 105 Å². The van der Waals surface area contributed by atoms with E-state index in [-0.39, 0.29) is 30.1 Å². The maximum absolute atomic E-state index is 12.5. The molecule has 3 aromatic rings. The fourth-order valence-electron chi connectivity index (χ4n) is 4.56. The summed E-state index contributed by atoms with van der Waals surface area (Å²) in [4.78, 5) is 26.9. The van der Waals surface area contributed by atoms with Gasteiger partial charge in [0.1, 0.15) is 5.75 Å². The number of nitrogens with zero attached hydrogens (tertiary/aromatic N) is 4. The summed E-state index contributed by atoms with van der Waals surface area (Å²) >= 11 is 1.68. The van der Waals surface area contributed by atoms with Crippen LogP contribution in [-0.4, -0.2) is 79.5 Å². The third kappa shape index (κ3) is 6.21. The van der Waals surface area contributed by atoms with Crippen molar-refractivity contribution >= 4 is 33.0 Å². The van der Waals surface area contributed by atoms with Crippen molar-refractivity contribution in [1.29, 1.82) is 0 Å². The van der Waals surface area contributed by atoms with Crippen LogP contribution in [0.25, 0.3) is 10.4 Å². The lowest BCUT2D eigenvalue weighted by molar-refractivity contribution is -0.123. The first-order chi connectivity index (χ1) is 17.4. The lowest BCUT2D eigenvalue weighted by atomic mass is 10.1. The van der Waals surface area contributed by atoms with Crippen LogP contribution in [0.15, 0.2) is 54.2 Å². The number of hydrogen-bond acceptors (Lipinski definition) is 9. The standard InChI is InChI=1S/C25H29N5O4S2/c31-24(28-21-6-14-36(32,33)18-21)17-34-22-5-4-19(23-3-1-13-35-23)15-20(22)16-29-9-11-30(12-10-29)25-26-7-2-8-27-25/h1-5,7-8,13,15,21H,6,9-12,14,16-18H2,(H,28,31)/t21-/m1/s1. The second-order valence-electron chi connectivity index (χ2n) is 9.07. The number of hydrogen-bond donors (Lipinski definition) is 1. The number of rotatable bonds is 8. The van der Waals surface area contributed by atoms with Crippen molar-refractivity contribution in [3.63, 3.8) is 0 Å². The Bertz CT molecular complexity index is 1280. The molecular formula is C25H29N5O4S2. The first kappa shape index (κ1) is 24.7. The zero-order valence-electron chi connectivity index (χ0n) is 19.9.